The van der Waals surface area contributed by atoms with E-state index in [2.05, 4.69) is 71.2 Å². The average molecular weight is 335 g/mol. The second-order valence-electron chi connectivity index (χ2n) is 6.67. The Hall–Kier alpha value is -2.53. The Labute approximate surface area is 149 Å². The zero-order chi connectivity index (χ0) is 17.8. The van der Waals surface area contributed by atoms with Crippen LogP contribution in [0.3, 0.4) is 0 Å². The molecule has 1 aromatic carbocycles. The van der Waals surface area contributed by atoms with Crippen LogP contribution in [0.4, 0.5) is 0 Å². The molecule has 0 saturated heterocycles. The lowest BCUT2D eigenvalue weighted by molar-refractivity contribution is 0.246. The van der Waals surface area contributed by atoms with E-state index in [9.17, 15) is 0 Å². The lowest BCUT2D eigenvalue weighted by Gasteiger charge is -2.24. The third kappa shape index (κ3) is 4.31. The van der Waals surface area contributed by atoms with Gasteiger partial charge in [-0.1, -0.05) is 12.1 Å². The highest BCUT2D eigenvalue weighted by atomic mass is 15.3. The van der Waals surface area contributed by atoms with Crippen LogP contribution in [0.5, 0.6) is 0 Å². The van der Waals surface area contributed by atoms with E-state index in [4.69, 9.17) is 0 Å². The number of aryl methyl sites for hydroxylation is 2. The lowest BCUT2D eigenvalue weighted by Crippen LogP contribution is -2.30. The van der Waals surface area contributed by atoms with Crippen LogP contribution >= 0.6 is 0 Å². The lowest BCUT2D eigenvalue weighted by atomic mass is 10.1. The Morgan fingerprint density at radius 2 is 2.00 bits per heavy atom. The van der Waals surface area contributed by atoms with Gasteiger partial charge in [0.1, 0.15) is 0 Å². The molecule has 0 aliphatic rings. The van der Waals surface area contributed by atoms with Gasteiger partial charge in [-0.3, -0.25) is 14.9 Å². The number of rotatable bonds is 6. The molecule has 0 amide bonds. The van der Waals surface area contributed by atoms with Crippen molar-refractivity contribution in [1.29, 1.82) is 0 Å². The maximum atomic E-state index is 4.58. The van der Waals surface area contributed by atoms with Gasteiger partial charge in [0, 0.05) is 43.3 Å². The molecule has 0 radical (unpaired) electrons. The number of likely N-dealkylation sites (N-methyl/N-ethyl adjacent to an activating group) is 1. The van der Waals surface area contributed by atoms with Crippen molar-refractivity contribution >= 4 is 0 Å². The van der Waals surface area contributed by atoms with E-state index < -0.39 is 0 Å². The molecule has 2 aromatic heterocycles. The Bertz CT molecular complexity index is 825. The van der Waals surface area contributed by atoms with E-state index in [1.807, 2.05) is 17.8 Å². The minimum atomic E-state index is 0.383. The molecule has 3 aromatic rings. The fourth-order valence-electron chi connectivity index (χ4n) is 3.01. The summed E-state index contributed by atoms with van der Waals surface area (Å²) < 4.78 is 2.00. The predicted molar refractivity (Wildman–Crippen MR) is 99.7 cm³/mol. The smallest absolute Gasteiger partial charge is 0.0651 e. The molecule has 3 rings (SSSR count). The summed E-state index contributed by atoms with van der Waals surface area (Å²) in [5.41, 5.74) is 5.60. The van der Waals surface area contributed by atoms with Gasteiger partial charge in [0.15, 0.2) is 0 Å². The monoisotopic (exact) mass is 335 g/mol. The molecule has 0 saturated carbocycles. The van der Waals surface area contributed by atoms with Gasteiger partial charge in [-0.05, 0) is 51.6 Å². The van der Waals surface area contributed by atoms with Gasteiger partial charge in [0.2, 0.25) is 0 Å². The standard InChI is InChI=1S/C20H25N5/c1-15-10-17(3)25(23-15)20-7-5-6-18(12-20)14-24(4)16(2)11-19-13-21-8-9-22-19/h5-10,12-13,16H,11,14H2,1-4H3. The van der Waals surface area contributed by atoms with E-state index in [0.29, 0.717) is 6.04 Å². The predicted octanol–water partition coefficient (Wildman–Crippen LogP) is 3.34. The average Bonchev–Trinajstić information content (AvgIpc) is 2.94. The maximum Gasteiger partial charge on any atom is 0.0651 e. The first-order valence-corrected chi connectivity index (χ1v) is 8.60. The van der Waals surface area contributed by atoms with Crippen LogP contribution < -0.4 is 0 Å². The van der Waals surface area contributed by atoms with Crippen molar-refractivity contribution in [3.63, 3.8) is 0 Å². The molecule has 25 heavy (non-hydrogen) atoms. The Morgan fingerprint density at radius 3 is 2.68 bits per heavy atom. The van der Waals surface area contributed by atoms with Crippen LogP contribution in [-0.4, -0.2) is 37.7 Å². The highest BCUT2D eigenvalue weighted by molar-refractivity contribution is 5.37. The Kier molecular flexibility index (Phi) is 5.24. The minimum absolute atomic E-state index is 0.383. The minimum Gasteiger partial charge on any atom is -0.299 e. The summed E-state index contributed by atoms with van der Waals surface area (Å²) in [7, 11) is 2.15. The third-order valence-corrected chi connectivity index (χ3v) is 4.47. The molecule has 130 valence electrons. The van der Waals surface area contributed by atoms with Crippen molar-refractivity contribution in [2.45, 2.75) is 39.8 Å². The zero-order valence-corrected chi connectivity index (χ0v) is 15.3. The van der Waals surface area contributed by atoms with Gasteiger partial charge < -0.3 is 0 Å². The molecule has 0 bridgehead atoms. The quantitative estimate of drug-likeness (QED) is 0.693. The summed E-state index contributed by atoms with van der Waals surface area (Å²) in [6.07, 6.45) is 6.19. The van der Waals surface area contributed by atoms with Crippen LogP contribution in [0, 0.1) is 13.8 Å². The second kappa shape index (κ2) is 7.57. The van der Waals surface area contributed by atoms with Gasteiger partial charge in [0.25, 0.3) is 0 Å². The summed E-state index contributed by atoms with van der Waals surface area (Å²) in [6.45, 7) is 7.21. The Balaban J connectivity index is 1.70. The van der Waals surface area contributed by atoms with Gasteiger partial charge in [0.05, 0.1) is 17.1 Å². The van der Waals surface area contributed by atoms with E-state index in [1.54, 1.807) is 12.4 Å². The largest absolute Gasteiger partial charge is 0.299 e. The number of hydrogen-bond donors (Lipinski definition) is 0. The van der Waals surface area contributed by atoms with Crippen LogP contribution in [0.15, 0.2) is 48.9 Å². The Morgan fingerprint density at radius 1 is 1.16 bits per heavy atom. The third-order valence-electron chi connectivity index (χ3n) is 4.47. The maximum absolute atomic E-state index is 4.58. The summed E-state index contributed by atoms with van der Waals surface area (Å²) in [6, 6.07) is 11.1. The molecule has 2 heterocycles. The van der Waals surface area contributed by atoms with Crippen molar-refractivity contribution in [2.75, 3.05) is 7.05 Å². The first-order chi connectivity index (χ1) is 12.0. The number of hydrogen-bond acceptors (Lipinski definition) is 4. The molecule has 5 heteroatoms. The van der Waals surface area contributed by atoms with Crippen molar-refractivity contribution in [2.24, 2.45) is 0 Å². The van der Waals surface area contributed by atoms with Crippen LogP contribution in [0.2, 0.25) is 0 Å². The van der Waals surface area contributed by atoms with Crippen LogP contribution in [-0.2, 0) is 13.0 Å². The van der Waals surface area contributed by atoms with Crippen molar-refractivity contribution in [3.05, 3.63) is 71.6 Å². The zero-order valence-electron chi connectivity index (χ0n) is 15.3. The van der Waals surface area contributed by atoms with Crippen molar-refractivity contribution < 1.29 is 0 Å². The molecule has 0 aliphatic carbocycles. The van der Waals surface area contributed by atoms with Crippen LogP contribution in [0.1, 0.15) is 29.6 Å². The SMILES string of the molecule is Cc1cc(C)n(-c2cccc(CN(C)C(C)Cc3cnccn3)c2)n1. The molecule has 1 unspecified atom stereocenters. The summed E-state index contributed by atoms with van der Waals surface area (Å²) in [5, 5.41) is 4.58. The second-order valence-corrected chi connectivity index (χ2v) is 6.67. The van der Waals surface area contributed by atoms with Crippen molar-refractivity contribution in [1.82, 2.24) is 24.6 Å². The van der Waals surface area contributed by atoms with Gasteiger partial charge in [-0.15, -0.1) is 0 Å². The van der Waals surface area contributed by atoms with Gasteiger partial charge in [-0.25, -0.2) is 4.68 Å². The topological polar surface area (TPSA) is 46.8 Å². The highest BCUT2D eigenvalue weighted by Gasteiger charge is 2.12. The first-order valence-electron chi connectivity index (χ1n) is 8.60. The molecule has 0 spiro atoms. The van der Waals surface area contributed by atoms with Gasteiger partial charge >= 0.3 is 0 Å². The van der Waals surface area contributed by atoms with Gasteiger partial charge in [-0.2, -0.15) is 5.10 Å². The first kappa shape index (κ1) is 17.3. The van der Waals surface area contributed by atoms with E-state index in [-0.39, 0.29) is 0 Å². The van der Waals surface area contributed by atoms with E-state index in [1.165, 1.54) is 5.56 Å². The number of nitrogens with zero attached hydrogens (tertiary/aromatic N) is 5. The summed E-state index contributed by atoms with van der Waals surface area (Å²) in [4.78, 5) is 10.9. The molecule has 5 nitrogen and oxygen atoms in total. The molecule has 0 N–H and O–H groups in total. The fraction of sp³-hybridized carbons (Fsp3) is 0.350. The summed E-state index contributed by atoms with van der Waals surface area (Å²) >= 11 is 0. The summed E-state index contributed by atoms with van der Waals surface area (Å²) in [5.74, 6) is 0. The molecular weight excluding hydrogens is 310 g/mol. The number of benzene rings is 1. The molecule has 0 fully saturated rings. The molecular formula is C20H25N5. The fourth-order valence-corrected chi connectivity index (χ4v) is 3.01. The molecule has 1 atom stereocenters. The normalized spacial score (nSPS) is 12.5. The van der Waals surface area contributed by atoms with Crippen molar-refractivity contribution in [3.8, 4) is 5.69 Å². The number of aromatic nitrogens is 4. The van der Waals surface area contributed by atoms with E-state index in [0.717, 1.165) is 35.7 Å². The highest BCUT2D eigenvalue weighted by Crippen LogP contribution is 2.16. The molecule has 0 aliphatic heterocycles. The van der Waals surface area contributed by atoms with Crippen LogP contribution in [0.25, 0.3) is 5.69 Å². The van der Waals surface area contributed by atoms with E-state index >= 15 is 0 Å².